The molecule has 1 N–H and O–H groups in total. The molecule has 1 heterocycles. The van der Waals surface area contributed by atoms with Crippen LogP contribution >= 0.6 is 0 Å². The molecule has 0 aromatic heterocycles. The molecule has 1 aliphatic heterocycles. The van der Waals surface area contributed by atoms with Crippen molar-refractivity contribution < 1.29 is 9.13 Å². The molecule has 0 spiro atoms. The largest absolute Gasteiger partial charge is 0.496 e. The summed E-state index contributed by atoms with van der Waals surface area (Å²) in [7, 11) is 1.61. The van der Waals surface area contributed by atoms with Gasteiger partial charge in [-0.2, -0.15) is 0 Å². The second-order valence-corrected chi connectivity index (χ2v) is 4.58. The maximum absolute atomic E-state index is 14.0. The van der Waals surface area contributed by atoms with Gasteiger partial charge in [-0.15, -0.1) is 0 Å². The number of rotatable bonds is 3. The quantitative estimate of drug-likeness (QED) is 0.872. The third-order valence-electron chi connectivity index (χ3n) is 3.52. The van der Waals surface area contributed by atoms with E-state index in [4.69, 9.17) is 4.74 Å². The molecule has 3 heteroatoms. The van der Waals surface area contributed by atoms with Crippen molar-refractivity contribution in [1.29, 1.82) is 0 Å². The molecule has 0 radical (unpaired) electrons. The van der Waals surface area contributed by atoms with Gasteiger partial charge in [0.25, 0.3) is 0 Å². The predicted molar refractivity (Wildman–Crippen MR) is 67.2 cm³/mol. The Kier molecular flexibility index (Phi) is 4.00. The van der Waals surface area contributed by atoms with E-state index in [1.54, 1.807) is 13.2 Å². The summed E-state index contributed by atoms with van der Waals surface area (Å²) in [6.07, 6.45) is 2.95. The molecule has 1 aliphatic rings. The number of benzene rings is 1. The minimum absolute atomic E-state index is 0.132. The van der Waals surface area contributed by atoms with E-state index in [0.29, 0.717) is 23.7 Å². The highest BCUT2D eigenvalue weighted by Crippen LogP contribution is 2.30. The van der Waals surface area contributed by atoms with E-state index in [1.165, 1.54) is 0 Å². The van der Waals surface area contributed by atoms with E-state index >= 15 is 0 Å². The molecular weight excluding hydrogens is 217 g/mol. The molecule has 1 fully saturated rings. The normalized spacial score (nSPS) is 20.3. The molecule has 0 aliphatic carbocycles. The number of hydrogen-bond donors (Lipinski definition) is 1. The molecule has 1 aromatic carbocycles. The first-order valence-electron chi connectivity index (χ1n) is 6.33. The second-order valence-electron chi connectivity index (χ2n) is 4.58. The molecule has 17 heavy (non-hydrogen) atoms. The lowest BCUT2D eigenvalue weighted by molar-refractivity contribution is 0.401. The number of piperidine rings is 1. The van der Waals surface area contributed by atoms with E-state index in [0.717, 1.165) is 31.5 Å². The van der Waals surface area contributed by atoms with Crippen LogP contribution in [0.4, 0.5) is 4.39 Å². The zero-order valence-electron chi connectivity index (χ0n) is 10.6. The minimum atomic E-state index is -0.132. The fraction of sp³-hybridized carbons (Fsp3) is 0.571. The SMILES string of the molecule is CCc1c(F)cc(C2CCCNC2)cc1OC. The summed E-state index contributed by atoms with van der Waals surface area (Å²) in [5.41, 5.74) is 1.74. The first kappa shape index (κ1) is 12.4. The lowest BCUT2D eigenvalue weighted by atomic mass is 9.90. The molecule has 1 unspecified atom stereocenters. The van der Waals surface area contributed by atoms with E-state index < -0.39 is 0 Å². The van der Waals surface area contributed by atoms with Gasteiger partial charge in [-0.25, -0.2) is 4.39 Å². The third-order valence-corrected chi connectivity index (χ3v) is 3.52. The van der Waals surface area contributed by atoms with Gasteiger partial charge in [-0.1, -0.05) is 6.92 Å². The predicted octanol–water partition coefficient (Wildman–Crippen LogP) is 2.86. The number of halogens is 1. The van der Waals surface area contributed by atoms with Crippen molar-refractivity contribution in [3.05, 3.63) is 29.1 Å². The summed E-state index contributed by atoms with van der Waals surface area (Å²) in [5, 5.41) is 3.36. The van der Waals surface area contributed by atoms with E-state index in [1.807, 2.05) is 13.0 Å². The number of nitrogens with one attached hydrogen (secondary N) is 1. The van der Waals surface area contributed by atoms with Crippen molar-refractivity contribution in [2.45, 2.75) is 32.1 Å². The highest BCUT2D eigenvalue weighted by molar-refractivity contribution is 5.40. The van der Waals surface area contributed by atoms with Crippen LogP contribution in [0, 0.1) is 5.82 Å². The van der Waals surface area contributed by atoms with Gasteiger partial charge >= 0.3 is 0 Å². The smallest absolute Gasteiger partial charge is 0.130 e. The van der Waals surface area contributed by atoms with Gasteiger partial charge in [-0.3, -0.25) is 0 Å². The van der Waals surface area contributed by atoms with Gasteiger partial charge in [0.2, 0.25) is 0 Å². The Morgan fingerprint density at radius 1 is 1.47 bits per heavy atom. The van der Waals surface area contributed by atoms with Gasteiger partial charge in [0.05, 0.1) is 7.11 Å². The molecule has 1 aromatic rings. The second kappa shape index (κ2) is 5.50. The summed E-state index contributed by atoms with van der Waals surface area (Å²) in [5.74, 6) is 0.971. The summed E-state index contributed by atoms with van der Waals surface area (Å²) in [4.78, 5) is 0. The van der Waals surface area contributed by atoms with Crippen LogP contribution in [-0.2, 0) is 6.42 Å². The average molecular weight is 237 g/mol. The first-order valence-corrected chi connectivity index (χ1v) is 6.33. The van der Waals surface area contributed by atoms with Gasteiger partial charge in [0.1, 0.15) is 11.6 Å². The Morgan fingerprint density at radius 3 is 2.88 bits per heavy atom. The van der Waals surface area contributed by atoms with Crippen molar-refractivity contribution in [3.8, 4) is 5.75 Å². The van der Waals surface area contributed by atoms with Crippen molar-refractivity contribution in [2.24, 2.45) is 0 Å². The molecule has 0 bridgehead atoms. The highest BCUT2D eigenvalue weighted by atomic mass is 19.1. The van der Waals surface area contributed by atoms with Crippen LogP contribution in [0.2, 0.25) is 0 Å². The number of hydrogen-bond acceptors (Lipinski definition) is 2. The van der Waals surface area contributed by atoms with Crippen LogP contribution in [0.5, 0.6) is 5.75 Å². The Balaban J connectivity index is 2.31. The fourth-order valence-electron chi connectivity index (χ4n) is 2.53. The maximum Gasteiger partial charge on any atom is 0.130 e. The molecule has 1 atom stereocenters. The molecule has 2 rings (SSSR count). The summed E-state index contributed by atoms with van der Waals surface area (Å²) < 4.78 is 19.2. The van der Waals surface area contributed by atoms with Crippen molar-refractivity contribution in [1.82, 2.24) is 5.32 Å². The molecule has 0 amide bonds. The van der Waals surface area contributed by atoms with E-state index in [9.17, 15) is 4.39 Å². The number of ether oxygens (including phenoxy) is 1. The van der Waals surface area contributed by atoms with E-state index in [-0.39, 0.29) is 5.82 Å². The summed E-state index contributed by atoms with van der Waals surface area (Å²) >= 11 is 0. The Morgan fingerprint density at radius 2 is 2.29 bits per heavy atom. The van der Waals surface area contributed by atoms with Crippen molar-refractivity contribution in [2.75, 3.05) is 20.2 Å². The Bertz CT molecular complexity index is 386. The van der Waals surface area contributed by atoms with Crippen molar-refractivity contribution in [3.63, 3.8) is 0 Å². The van der Waals surface area contributed by atoms with Crippen LogP contribution in [0.25, 0.3) is 0 Å². The third kappa shape index (κ3) is 2.60. The lowest BCUT2D eigenvalue weighted by Gasteiger charge is -2.24. The van der Waals surface area contributed by atoms with Gasteiger partial charge in [0, 0.05) is 12.1 Å². The zero-order chi connectivity index (χ0) is 12.3. The monoisotopic (exact) mass is 237 g/mol. The van der Waals surface area contributed by atoms with E-state index in [2.05, 4.69) is 5.32 Å². The van der Waals surface area contributed by atoms with Crippen molar-refractivity contribution >= 4 is 0 Å². The lowest BCUT2D eigenvalue weighted by Crippen LogP contribution is -2.28. The van der Waals surface area contributed by atoms with Crippen LogP contribution in [-0.4, -0.2) is 20.2 Å². The molecular formula is C14H20FNO. The van der Waals surface area contributed by atoms with Crippen LogP contribution in [0.3, 0.4) is 0 Å². The Labute approximate surface area is 102 Å². The summed E-state index contributed by atoms with van der Waals surface area (Å²) in [6.45, 7) is 3.96. The molecule has 94 valence electrons. The molecule has 2 nitrogen and oxygen atoms in total. The first-order chi connectivity index (χ1) is 8.26. The molecule has 1 saturated heterocycles. The highest BCUT2D eigenvalue weighted by Gasteiger charge is 2.18. The Hall–Kier alpha value is -1.09. The van der Waals surface area contributed by atoms with Crippen LogP contribution in [0.1, 0.15) is 36.8 Å². The van der Waals surface area contributed by atoms with Gasteiger partial charge in [-0.05, 0) is 49.4 Å². The minimum Gasteiger partial charge on any atom is -0.496 e. The van der Waals surface area contributed by atoms with Gasteiger partial charge in [0.15, 0.2) is 0 Å². The van der Waals surface area contributed by atoms with Crippen LogP contribution < -0.4 is 10.1 Å². The fourth-order valence-corrected chi connectivity index (χ4v) is 2.53. The maximum atomic E-state index is 14.0. The summed E-state index contributed by atoms with van der Waals surface area (Å²) in [6, 6.07) is 3.68. The average Bonchev–Trinajstić information content (AvgIpc) is 2.38. The molecule has 0 saturated carbocycles. The number of methoxy groups -OCH3 is 1. The van der Waals surface area contributed by atoms with Gasteiger partial charge < -0.3 is 10.1 Å². The standard InChI is InChI=1S/C14H20FNO/c1-3-12-13(15)7-11(8-14(12)17-2)10-5-4-6-16-9-10/h7-8,10,16H,3-6,9H2,1-2H3. The van der Waals surface area contributed by atoms with Crippen LogP contribution in [0.15, 0.2) is 12.1 Å². The topological polar surface area (TPSA) is 21.3 Å². The zero-order valence-corrected chi connectivity index (χ0v) is 10.6.